The van der Waals surface area contributed by atoms with Crippen LogP contribution < -0.4 is 21.6 Å². The predicted octanol–water partition coefficient (Wildman–Crippen LogP) is 3.09. The summed E-state index contributed by atoms with van der Waals surface area (Å²) in [6.45, 7) is 8.34. The van der Waals surface area contributed by atoms with Gasteiger partial charge in [0.1, 0.15) is 12.4 Å². The first-order chi connectivity index (χ1) is 15.5. The van der Waals surface area contributed by atoms with Crippen LogP contribution in [0.1, 0.15) is 49.4 Å². The number of nitrogens with one attached hydrogen (secondary N) is 1. The fourth-order valence-electron chi connectivity index (χ4n) is 2.86. The molecule has 0 saturated heterocycles. The number of thioether (sulfide) groups is 1. The highest BCUT2D eigenvalue weighted by Crippen LogP contribution is 2.25. The van der Waals surface area contributed by atoms with E-state index in [1.807, 2.05) is 24.3 Å². The van der Waals surface area contributed by atoms with Gasteiger partial charge in [0.2, 0.25) is 17.0 Å². The molecule has 0 aliphatic carbocycles. The van der Waals surface area contributed by atoms with Crippen molar-refractivity contribution < 1.29 is 14.3 Å². The molecule has 0 fully saturated rings. The molecule has 10 heteroatoms. The highest BCUT2D eigenvalue weighted by molar-refractivity contribution is 8.00. The maximum absolute atomic E-state index is 12.5. The van der Waals surface area contributed by atoms with Gasteiger partial charge in [-0.15, -0.1) is 10.2 Å². The zero-order valence-electron chi connectivity index (χ0n) is 19.0. The summed E-state index contributed by atoms with van der Waals surface area (Å²) >= 11 is 1.18. The predicted molar refractivity (Wildman–Crippen MR) is 129 cm³/mol. The normalized spacial score (nSPS) is 12.2. The van der Waals surface area contributed by atoms with Crippen LogP contribution in [-0.4, -0.2) is 31.9 Å². The van der Waals surface area contributed by atoms with E-state index in [9.17, 15) is 9.59 Å². The van der Waals surface area contributed by atoms with Crippen molar-refractivity contribution in [3.8, 4) is 5.75 Å². The topological polar surface area (TPSA) is 138 Å². The lowest BCUT2D eigenvalue weighted by atomic mass is 9.87. The third-order valence-corrected chi connectivity index (χ3v) is 5.97. The Labute approximate surface area is 196 Å². The van der Waals surface area contributed by atoms with Gasteiger partial charge in [0, 0.05) is 11.3 Å². The van der Waals surface area contributed by atoms with E-state index >= 15 is 0 Å². The Bertz CT molecular complexity index is 1120. The van der Waals surface area contributed by atoms with E-state index in [2.05, 4.69) is 36.3 Å². The first-order valence-electron chi connectivity index (χ1n) is 10.3. The molecule has 0 radical (unpaired) electrons. The van der Waals surface area contributed by atoms with E-state index in [1.54, 1.807) is 31.2 Å². The Morgan fingerprint density at radius 1 is 1.09 bits per heavy atom. The van der Waals surface area contributed by atoms with Crippen LogP contribution in [0.2, 0.25) is 0 Å². The number of aromatic nitrogens is 3. The molecule has 0 spiro atoms. The van der Waals surface area contributed by atoms with Crippen molar-refractivity contribution in [2.24, 2.45) is 5.73 Å². The number of nitrogen functional groups attached to an aromatic ring is 1. The fraction of sp³-hybridized carbons (Fsp3) is 0.304. The zero-order valence-corrected chi connectivity index (χ0v) is 19.8. The molecule has 1 atom stereocenters. The van der Waals surface area contributed by atoms with E-state index in [0.717, 1.165) is 0 Å². The Kier molecular flexibility index (Phi) is 7.27. The van der Waals surface area contributed by atoms with Crippen LogP contribution in [0.25, 0.3) is 0 Å². The molecule has 9 nitrogen and oxygen atoms in total. The molecule has 174 valence electrons. The standard InChI is InChI=1S/C23H28N6O3S/c1-14(21(31)26-17-9-5-15(6-10-17)20(24)30)33-22-28-27-19(29(22)25)13-32-18-11-7-16(8-12-18)23(2,3)4/h5-12,14H,13,25H2,1-4H3,(H2,24,30)(H,26,31). The number of rotatable bonds is 8. The highest BCUT2D eigenvalue weighted by atomic mass is 32.2. The van der Waals surface area contributed by atoms with Crippen LogP contribution in [-0.2, 0) is 16.8 Å². The summed E-state index contributed by atoms with van der Waals surface area (Å²) in [7, 11) is 0. The molecule has 0 aliphatic heterocycles. The van der Waals surface area contributed by atoms with Crippen LogP contribution in [0.4, 0.5) is 5.69 Å². The third-order valence-electron chi connectivity index (χ3n) is 4.91. The lowest BCUT2D eigenvalue weighted by Gasteiger charge is -2.19. The Hall–Kier alpha value is -3.53. The summed E-state index contributed by atoms with van der Waals surface area (Å²) in [5, 5.41) is 10.8. The number of amides is 2. The maximum atomic E-state index is 12.5. The molecule has 0 saturated carbocycles. The van der Waals surface area contributed by atoms with E-state index in [0.29, 0.717) is 28.0 Å². The number of nitrogens with zero attached hydrogens (tertiary/aromatic N) is 3. The van der Waals surface area contributed by atoms with Crippen molar-refractivity contribution in [3.63, 3.8) is 0 Å². The lowest BCUT2D eigenvalue weighted by Crippen LogP contribution is -2.24. The zero-order chi connectivity index (χ0) is 24.2. The minimum Gasteiger partial charge on any atom is -0.486 e. The summed E-state index contributed by atoms with van der Waals surface area (Å²) in [6.07, 6.45) is 0. The molecular weight excluding hydrogens is 440 g/mol. The monoisotopic (exact) mass is 468 g/mol. The van der Waals surface area contributed by atoms with Crippen molar-refractivity contribution in [2.45, 2.75) is 50.1 Å². The van der Waals surface area contributed by atoms with Crippen LogP contribution in [0.15, 0.2) is 53.7 Å². The highest BCUT2D eigenvalue weighted by Gasteiger charge is 2.20. The molecule has 2 aromatic carbocycles. The number of primary amides is 1. The van der Waals surface area contributed by atoms with Crippen LogP contribution in [0, 0.1) is 0 Å². The van der Waals surface area contributed by atoms with Crippen molar-refractivity contribution in [3.05, 3.63) is 65.5 Å². The molecular formula is C23H28N6O3S. The lowest BCUT2D eigenvalue weighted by molar-refractivity contribution is -0.115. The van der Waals surface area contributed by atoms with E-state index in [-0.39, 0.29) is 17.9 Å². The van der Waals surface area contributed by atoms with Gasteiger partial charge in [0.25, 0.3) is 0 Å². The minimum atomic E-state index is -0.527. The number of carbonyl (C=O) groups excluding carboxylic acids is 2. The fourth-order valence-corrected chi connectivity index (χ4v) is 3.65. The van der Waals surface area contributed by atoms with Gasteiger partial charge >= 0.3 is 0 Å². The molecule has 0 bridgehead atoms. The van der Waals surface area contributed by atoms with Gasteiger partial charge in [0.05, 0.1) is 5.25 Å². The van der Waals surface area contributed by atoms with Gasteiger partial charge < -0.3 is 21.6 Å². The maximum Gasteiger partial charge on any atom is 0.248 e. The molecule has 1 heterocycles. The second kappa shape index (κ2) is 9.95. The molecule has 33 heavy (non-hydrogen) atoms. The van der Waals surface area contributed by atoms with Gasteiger partial charge in [-0.05, 0) is 54.3 Å². The number of benzene rings is 2. The molecule has 3 rings (SSSR count). The van der Waals surface area contributed by atoms with E-state index in [1.165, 1.54) is 22.0 Å². The molecule has 3 aromatic rings. The van der Waals surface area contributed by atoms with Crippen molar-refractivity contribution >= 4 is 29.3 Å². The molecule has 2 amide bonds. The van der Waals surface area contributed by atoms with E-state index in [4.69, 9.17) is 16.3 Å². The number of hydrogen-bond donors (Lipinski definition) is 3. The van der Waals surface area contributed by atoms with Crippen LogP contribution in [0.3, 0.4) is 0 Å². The molecule has 0 aliphatic rings. The molecule has 1 aromatic heterocycles. The van der Waals surface area contributed by atoms with Gasteiger partial charge in [-0.2, -0.15) is 0 Å². The minimum absolute atomic E-state index is 0.0675. The van der Waals surface area contributed by atoms with Gasteiger partial charge in [-0.25, -0.2) is 4.68 Å². The quantitative estimate of drug-likeness (QED) is 0.341. The molecule has 5 N–H and O–H groups in total. The third kappa shape index (κ3) is 6.26. The van der Waals surface area contributed by atoms with Crippen molar-refractivity contribution in [1.82, 2.24) is 14.9 Å². The van der Waals surface area contributed by atoms with Crippen LogP contribution >= 0.6 is 11.8 Å². The molecule has 1 unspecified atom stereocenters. The number of hydrogen-bond acceptors (Lipinski definition) is 7. The Morgan fingerprint density at radius 2 is 1.73 bits per heavy atom. The first-order valence-corrected chi connectivity index (χ1v) is 11.2. The summed E-state index contributed by atoms with van der Waals surface area (Å²) in [4.78, 5) is 23.7. The number of carbonyl (C=O) groups is 2. The summed E-state index contributed by atoms with van der Waals surface area (Å²) < 4.78 is 7.11. The van der Waals surface area contributed by atoms with Gasteiger partial charge in [-0.3, -0.25) is 9.59 Å². The Balaban J connectivity index is 1.56. The van der Waals surface area contributed by atoms with Crippen molar-refractivity contribution in [1.29, 1.82) is 0 Å². The summed E-state index contributed by atoms with van der Waals surface area (Å²) in [6, 6.07) is 14.2. The largest absolute Gasteiger partial charge is 0.486 e. The number of ether oxygens (including phenoxy) is 1. The first kappa shape index (κ1) is 24.1. The average Bonchev–Trinajstić information content (AvgIpc) is 3.11. The van der Waals surface area contributed by atoms with E-state index < -0.39 is 11.2 Å². The number of anilines is 1. The van der Waals surface area contributed by atoms with Crippen LogP contribution in [0.5, 0.6) is 5.75 Å². The number of nitrogens with two attached hydrogens (primary N) is 2. The SMILES string of the molecule is CC(Sc1nnc(COc2ccc(C(C)(C)C)cc2)n1N)C(=O)Nc1ccc(C(N)=O)cc1. The second-order valence-electron chi connectivity index (χ2n) is 8.52. The van der Waals surface area contributed by atoms with Crippen molar-refractivity contribution in [2.75, 3.05) is 11.2 Å². The van der Waals surface area contributed by atoms with Gasteiger partial charge in [-0.1, -0.05) is 44.7 Å². The smallest absolute Gasteiger partial charge is 0.248 e. The second-order valence-corrected chi connectivity index (χ2v) is 9.83. The average molecular weight is 469 g/mol. The Morgan fingerprint density at radius 3 is 2.30 bits per heavy atom. The van der Waals surface area contributed by atoms with Gasteiger partial charge in [0.15, 0.2) is 5.82 Å². The summed E-state index contributed by atoms with van der Waals surface area (Å²) in [5.41, 5.74) is 7.43. The summed E-state index contributed by atoms with van der Waals surface area (Å²) in [5.74, 6) is 6.48.